The second-order valence-electron chi connectivity index (χ2n) is 3.99. The third-order valence-corrected chi connectivity index (χ3v) is 2.79. The number of nitrogen functional groups attached to an aromatic ring is 1. The lowest BCUT2D eigenvalue weighted by Gasteiger charge is -2.05. The van der Waals surface area contributed by atoms with Crippen molar-refractivity contribution < 1.29 is 9.26 Å². The van der Waals surface area contributed by atoms with Crippen LogP contribution in [0.1, 0.15) is 11.1 Å². The summed E-state index contributed by atoms with van der Waals surface area (Å²) in [4.78, 5) is 0. The molecule has 4 nitrogen and oxygen atoms in total. The highest BCUT2D eigenvalue weighted by molar-refractivity contribution is 5.66. The first-order chi connectivity index (χ1) is 7.74. The summed E-state index contributed by atoms with van der Waals surface area (Å²) in [5.41, 5.74) is 9.68. The third-order valence-electron chi connectivity index (χ3n) is 2.79. The first-order valence-electron chi connectivity index (χ1n) is 5.23. The molecule has 0 atom stereocenters. The lowest BCUT2D eigenvalue weighted by molar-refractivity contribution is 0.354. The van der Waals surface area contributed by atoms with Crippen LogP contribution < -0.4 is 10.5 Å². The zero-order valence-electron chi connectivity index (χ0n) is 8.99. The van der Waals surface area contributed by atoms with Gasteiger partial charge in [0.25, 0.3) is 0 Å². The van der Waals surface area contributed by atoms with E-state index >= 15 is 0 Å². The highest BCUT2D eigenvalue weighted by Gasteiger charge is 2.17. The van der Waals surface area contributed by atoms with Gasteiger partial charge in [-0.1, -0.05) is 5.16 Å². The Hall–Kier alpha value is -1.97. The monoisotopic (exact) mass is 216 g/mol. The topological polar surface area (TPSA) is 61.3 Å². The smallest absolute Gasteiger partial charge is 0.222 e. The molecule has 0 spiro atoms. The summed E-state index contributed by atoms with van der Waals surface area (Å²) in [7, 11) is 0. The van der Waals surface area contributed by atoms with Crippen molar-refractivity contribution in [3.8, 4) is 17.0 Å². The van der Waals surface area contributed by atoms with Crippen molar-refractivity contribution in [3.63, 3.8) is 0 Å². The van der Waals surface area contributed by atoms with Gasteiger partial charge in [0.2, 0.25) is 5.88 Å². The van der Waals surface area contributed by atoms with Crippen molar-refractivity contribution in [1.29, 1.82) is 0 Å². The summed E-state index contributed by atoms with van der Waals surface area (Å²) in [6, 6.07) is 5.87. The van der Waals surface area contributed by atoms with Gasteiger partial charge < -0.3 is 15.0 Å². The van der Waals surface area contributed by atoms with Crippen LogP contribution in [-0.4, -0.2) is 11.8 Å². The number of aryl methyl sites for hydroxylation is 1. The van der Waals surface area contributed by atoms with E-state index in [4.69, 9.17) is 15.0 Å². The largest absolute Gasteiger partial charge is 0.493 e. The lowest BCUT2D eigenvalue weighted by Crippen LogP contribution is -1.88. The number of aromatic nitrogens is 1. The molecule has 1 aromatic carbocycles. The van der Waals surface area contributed by atoms with Crippen LogP contribution in [0.5, 0.6) is 5.75 Å². The molecule has 2 N–H and O–H groups in total. The average Bonchev–Trinajstić information content (AvgIpc) is 2.85. The molecular weight excluding hydrogens is 204 g/mol. The van der Waals surface area contributed by atoms with Crippen LogP contribution in [0.3, 0.4) is 0 Å². The highest BCUT2D eigenvalue weighted by Crippen LogP contribution is 2.34. The predicted octanol–water partition coefficient (Wildman–Crippen LogP) is 2.17. The van der Waals surface area contributed by atoms with Crippen LogP contribution in [0.25, 0.3) is 11.3 Å². The quantitative estimate of drug-likeness (QED) is 0.793. The maximum Gasteiger partial charge on any atom is 0.222 e. The molecule has 0 amide bonds. The van der Waals surface area contributed by atoms with Crippen molar-refractivity contribution >= 4 is 5.88 Å². The molecule has 1 aliphatic rings. The number of hydrogen-bond donors (Lipinski definition) is 1. The molecule has 0 saturated carbocycles. The van der Waals surface area contributed by atoms with E-state index in [0.29, 0.717) is 5.88 Å². The van der Waals surface area contributed by atoms with E-state index in [0.717, 1.165) is 35.6 Å². The third kappa shape index (κ3) is 1.34. The van der Waals surface area contributed by atoms with Crippen molar-refractivity contribution in [2.45, 2.75) is 13.3 Å². The van der Waals surface area contributed by atoms with Crippen LogP contribution in [0.15, 0.2) is 22.7 Å². The van der Waals surface area contributed by atoms with Crippen LogP contribution in [-0.2, 0) is 6.42 Å². The fourth-order valence-corrected chi connectivity index (χ4v) is 2.08. The van der Waals surface area contributed by atoms with Crippen LogP contribution in [0, 0.1) is 6.92 Å². The minimum Gasteiger partial charge on any atom is -0.493 e. The zero-order chi connectivity index (χ0) is 11.1. The molecule has 0 bridgehead atoms. The minimum atomic E-state index is 0.337. The minimum absolute atomic E-state index is 0.337. The normalized spacial score (nSPS) is 13.6. The predicted molar refractivity (Wildman–Crippen MR) is 60.3 cm³/mol. The van der Waals surface area contributed by atoms with E-state index in [1.165, 1.54) is 5.56 Å². The van der Waals surface area contributed by atoms with Gasteiger partial charge in [-0.15, -0.1) is 0 Å². The van der Waals surface area contributed by atoms with Crippen LogP contribution in [0.4, 0.5) is 5.88 Å². The fraction of sp³-hybridized carbons (Fsp3) is 0.250. The Labute approximate surface area is 93.0 Å². The summed E-state index contributed by atoms with van der Waals surface area (Å²) < 4.78 is 10.4. The maximum absolute atomic E-state index is 5.56. The number of ether oxygens (including phenoxy) is 1. The zero-order valence-corrected chi connectivity index (χ0v) is 8.99. The molecule has 0 unspecified atom stereocenters. The summed E-state index contributed by atoms with van der Waals surface area (Å²) in [5, 5.41) is 3.91. The van der Waals surface area contributed by atoms with Crippen molar-refractivity contribution in [2.24, 2.45) is 0 Å². The molecule has 4 heteroatoms. The van der Waals surface area contributed by atoms with Crippen LogP contribution in [0.2, 0.25) is 0 Å². The Morgan fingerprint density at radius 3 is 2.94 bits per heavy atom. The van der Waals surface area contributed by atoms with Gasteiger partial charge in [-0.25, -0.2) is 0 Å². The van der Waals surface area contributed by atoms with E-state index in [1.54, 1.807) is 6.07 Å². The number of nitrogens with two attached hydrogens (primary N) is 1. The Kier molecular flexibility index (Phi) is 1.89. The molecule has 16 heavy (non-hydrogen) atoms. The van der Waals surface area contributed by atoms with Gasteiger partial charge in [-0.05, 0) is 30.2 Å². The molecule has 0 saturated heterocycles. The molecule has 1 aromatic heterocycles. The molecule has 3 rings (SSSR count). The molecule has 1 aliphatic heterocycles. The first kappa shape index (κ1) is 9.27. The number of rotatable bonds is 1. The second-order valence-corrected chi connectivity index (χ2v) is 3.99. The van der Waals surface area contributed by atoms with Gasteiger partial charge in [0.1, 0.15) is 11.4 Å². The van der Waals surface area contributed by atoms with E-state index in [2.05, 4.69) is 11.2 Å². The number of fused-ring (bicyclic) bond motifs is 1. The van der Waals surface area contributed by atoms with E-state index in [-0.39, 0.29) is 0 Å². The molecule has 0 fully saturated rings. The van der Waals surface area contributed by atoms with Crippen LogP contribution >= 0.6 is 0 Å². The molecule has 0 radical (unpaired) electrons. The maximum atomic E-state index is 5.56. The van der Waals surface area contributed by atoms with Crippen molar-refractivity contribution in [2.75, 3.05) is 12.3 Å². The number of hydrogen-bond acceptors (Lipinski definition) is 4. The average molecular weight is 216 g/mol. The first-order valence-corrected chi connectivity index (χ1v) is 5.23. The Morgan fingerprint density at radius 2 is 2.19 bits per heavy atom. The summed E-state index contributed by atoms with van der Waals surface area (Å²) >= 11 is 0. The molecule has 2 heterocycles. The van der Waals surface area contributed by atoms with Gasteiger partial charge in [0.15, 0.2) is 0 Å². The van der Waals surface area contributed by atoms with Gasteiger partial charge in [0.05, 0.1) is 6.61 Å². The van der Waals surface area contributed by atoms with Gasteiger partial charge in [-0.3, -0.25) is 0 Å². The van der Waals surface area contributed by atoms with Gasteiger partial charge >= 0.3 is 0 Å². The SMILES string of the molecule is Cc1cc(-c2cc(N)on2)cc2c1OCC2. The Morgan fingerprint density at radius 1 is 1.31 bits per heavy atom. The van der Waals surface area contributed by atoms with Gasteiger partial charge in [0, 0.05) is 18.1 Å². The number of anilines is 1. The standard InChI is InChI=1S/C12H12N2O2/c1-7-4-9(10-6-11(13)16-14-10)5-8-2-3-15-12(7)8/h4-6H,2-3,13H2,1H3. The van der Waals surface area contributed by atoms with Crippen molar-refractivity contribution in [3.05, 3.63) is 29.3 Å². The number of nitrogens with zero attached hydrogens (tertiary/aromatic N) is 1. The van der Waals surface area contributed by atoms with E-state index in [9.17, 15) is 0 Å². The number of benzene rings is 1. The lowest BCUT2D eigenvalue weighted by atomic mass is 10.0. The molecule has 2 aromatic rings. The van der Waals surface area contributed by atoms with E-state index in [1.807, 2.05) is 13.0 Å². The summed E-state index contributed by atoms with van der Waals surface area (Å²) in [6.07, 6.45) is 0.956. The summed E-state index contributed by atoms with van der Waals surface area (Å²) in [6.45, 7) is 2.80. The Bertz CT molecular complexity index is 546. The fourth-order valence-electron chi connectivity index (χ4n) is 2.08. The molecular formula is C12H12N2O2. The van der Waals surface area contributed by atoms with Gasteiger partial charge in [-0.2, -0.15) is 0 Å². The van der Waals surface area contributed by atoms with Crippen molar-refractivity contribution in [1.82, 2.24) is 5.16 Å². The highest BCUT2D eigenvalue weighted by atomic mass is 16.5. The van der Waals surface area contributed by atoms with E-state index < -0.39 is 0 Å². The molecule has 0 aliphatic carbocycles. The Balaban J connectivity index is 2.12. The molecule has 82 valence electrons. The summed E-state index contributed by atoms with van der Waals surface area (Å²) in [5.74, 6) is 1.35. The second kappa shape index (κ2) is 3.27.